The van der Waals surface area contributed by atoms with Crippen molar-refractivity contribution in [3.8, 4) is 0 Å². The smallest absolute Gasteiger partial charge is 0.258 e. The number of aromatic nitrogens is 6. The summed E-state index contributed by atoms with van der Waals surface area (Å²) in [4.78, 5) is 20.3. The number of hydroxylamine groups is 1. The van der Waals surface area contributed by atoms with Gasteiger partial charge < -0.3 is 24.3 Å². The Bertz CT molecular complexity index is 1140. The Morgan fingerprint density at radius 3 is 1.60 bits per heavy atom. The van der Waals surface area contributed by atoms with Crippen LogP contribution in [0.5, 0.6) is 0 Å². The maximum absolute atomic E-state index is 9.49. The summed E-state index contributed by atoms with van der Waals surface area (Å²) in [5, 5.41) is 26.5. The monoisotopic (exact) mass is 678 g/mol. The first-order valence-corrected chi connectivity index (χ1v) is 17.6. The fourth-order valence-corrected chi connectivity index (χ4v) is 4.44. The Balaban J connectivity index is 0.000000302. The van der Waals surface area contributed by atoms with Crippen LogP contribution in [0.1, 0.15) is 132 Å². The first-order valence-electron chi connectivity index (χ1n) is 17.6. The number of likely N-dealkylation sites (N-methyl/N-ethyl adjacent to an activating group) is 1. The van der Waals surface area contributed by atoms with Gasteiger partial charge in [0, 0.05) is 56.0 Å². The molecule has 0 bridgehead atoms. The second-order valence-electron chi connectivity index (χ2n) is 14.5. The van der Waals surface area contributed by atoms with Gasteiger partial charge in [-0.05, 0) is 81.1 Å². The van der Waals surface area contributed by atoms with Crippen molar-refractivity contribution in [2.75, 3.05) is 46.3 Å². The van der Waals surface area contributed by atoms with E-state index in [0.29, 0.717) is 23.5 Å². The van der Waals surface area contributed by atoms with E-state index in [1.54, 1.807) is 13.8 Å². The molecule has 0 radical (unpaired) electrons. The number of nitrogens with one attached hydrogen (secondary N) is 2. The molecule has 48 heavy (non-hydrogen) atoms. The van der Waals surface area contributed by atoms with E-state index in [1.165, 1.54) is 58.5 Å². The highest BCUT2D eigenvalue weighted by molar-refractivity contribution is 5.84. The molecule has 0 unspecified atom stereocenters. The van der Waals surface area contributed by atoms with Crippen LogP contribution < -0.4 is 5.48 Å². The van der Waals surface area contributed by atoms with Crippen LogP contribution in [0.25, 0.3) is 0 Å². The number of nitrogens with zero attached hydrogens (tertiary/aromatic N) is 9. The SMILES string of the molecule is C=C1N=C(C(C)C)NO1.CC(C)N1CCCCC1.CC(C)N1CCN(C)CC1.CC(C)c1nn[nH]n1.CC(C)c1noc(C(C)(C)O)n1. The number of rotatable bonds is 6. The largest absolute Gasteiger partial charge is 0.381 e. The molecule has 3 aliphatic rings. The van der Waals surface area contributed by atoms with E-state index in [9.17, 15) is 5.11 Å². The van der Waals surface area contributed by atoms with Crippen molar-refractivity contribution in [1.82, 2.24) is 50.9 Å². The zero-order valence-corrected chi connectivity index (χ0v) is 32.2. The predicted octanol–water partition coefficient (Wildman–Crippen LogP) is 5.31. The van der Waals surface area contributed by atoms with E-state index in [1.807, 2.05) is 41.5 Å². The molecule has 14 nitrogen and oxygen atoms in total. The lowest BCUT2D eigenvalue weighted by atomic mass is 10.1. The van der Waals surface area contributed by atoms with E-state index < -0.39 is 5.60 Å². The number of hydrogen-bond acceptors (Lipinski definition) is 13. The van der Waals surface area contributed by atoms with Crippen molar-refractivity contribution in [3.05, 3.63) is 30.0 Å². The van der Waals surface area contributed by atoms with E-state index in [2.05, 4.69) is 97.3 Å². The van der Waals surface area contributed by atoms with Gasteiger partial charge in [-0.25, -0.2) is 5.48 Å². The topological polar surface area (TPSA) is 157 Å². The first kappa shape index (κ1) is 43.1. The molecule has 0 aliphatic carbocycles. The van der Waals surface area contributed by atoms with Gasteiger partial charge in [0.25, 0.3) is 5.89 Å². The van der Waals surface area contributed by atoms with E-state index in [-0.39, 0.29) is 11.8 Å². The summed E-state index contributed by atoms with van der Waals surface area (Å²) in [7, 11) is 2.19. The van der Waals surface area contributed by atoms with Gasteiger partial charge in [0.1, 0.15) is 11.4 Å². The quantitative estimate of drug-likeness (QED) is 0.362. The number of H-pyrrole nitrogens is 1. The molecule has 2 fully saturated rings. The summed E-state index contributed by atoms with van der Waals surface area (Å²) in [5.74, 6) is 3.94. The van der Waals surface area contributed by atoms with E-state index in [4.69, 9.17) is 9.36 Å². The second-order valence-corrected chi connectivity index (χ2v) is 14.5. The standard InChI is InChI=1S/C8H14N2O2.C8H18N2.C8H17N.C6H10N2O.C4H8N4/c1-5(2)6-9-7(12-10-6)8(3,4)11;1-8(2)10-6-4-9(3)5-7-10;1-8(2)9-6-4-3-5-7-9;1-4(2)6-7-5(3)9-8-6;1-3(2)4-5-7-8-6-4/h5,11H,1-4H3;8H,4-7H2,1-3H3;8H,3-7H2,1-2H3;4H,3H2,1-2H3,(H,7,8);3H,1-2H3,(H,5,6,7,8). The van der Waals surface area contributed by atoms with Gasteiger partial charge in [-0.2, -0.15) is 15.2 Å². The molecule has 0 amide bonds. The van der Waals surface area contributed by atoms with Crippen LogP contribution >= 0.6 is 0 Å². The number of amidine groups is 1. The number of hydrogen-bond donors (Lipinski definition) is 3. The molecule has 0 atom stereocenters. The lowest BCUT2D eigenvalue weighted by Gasteiger charge is -2.34. The summed E-state index contributed by atoms with van der Waals surface area (Å²) in [6.45, 7) is 35.5. The summed E-state index contributed by atoms with van der Waals surface area (Å²) in [6, 6.07) is 1.50. The molecular weight excluding hydrogens is 610 g/mol. The van der Waals surface area contributed by atoms with Crippen molar-refractivity contribution in [3.63, 3.8) is 0 Å². The Kier molecular flexibility index (Phi) is 19.7. The maximum atomic E-state index is 9.49. The summed E-state index contributed by atoms with van der Waals surface area (Å²) in [5.41, 5.74) is 1.61. The van der Waals surface area contributed by atoms with Gasteiger partial charge in [-0.15, -0.1) is 10.2 Å². The molecule has 14 heteroatoms. The van der Waals surface area contributed by atoms with Crippen LogP contribution in [0.3, 0.4) is 0 Å². The lowest BCUT2D eigenvalue weighted by Crippen LogP contribution is -2.47. The number of likely N-dealkylation sites (tertiary alicyclic amines) is 1. The number of tetrazole rings is 1. The second kappa shape index (κ2) is 21.9. The predicted molar refractivity (Wildman–Crippen MR) is 192 cm³/mol. The van der Waals surface area contributed by atoms with Gasteiger partial charge in [0.15, 0.2) is 11.6 Å². The zero-order chi connectivity index (χ0) is 36.4. The fraction of sp³-hybridized carbons (Fsp3) is 0.824. The van der Waals surface area contributed by atoms with Crippen molar-refractivity contribution in [2.24, 2.45) is 10.9 Å². The van der Waals surface area contributed by atoms with E-state index >= 15 is 0 Å². The molecule has 3 N–H and O–H groups in total. The van der Waals surface area contributed by atoms with Crippen LogP contribution in [0, 0.1) is 5.92 Å². The molecule has 3 aliphatic heterocycles. The summed E-state index contributed by atoms with van der Waals surface area (Å²) in [6.07, 6.45) is 4.28. The van der Waals surface area contributed by atoms with Gasteiger partial charge in [-0.1, -0.05) is 58.3 Å². The van der Waals surface area contributed by atoms with Crippen molar-refractivity contribution in [1.29, 1.82) is 0 Å². The minimum atomic E-state index is -1.04. The highest BCUT2D eigenvalue weighted by Crippen LogP contribution is 2.19. The molecule has 2 saturated heterocycles. The van der Waals surface area contributed by atoms with Crippen LogP contribution in [-0.4, -0.2) is 115 Å². The third-order valence-electron chi connectivity index (χ3n) is 7.81. The molecular formula is C34H67N11O3. The highest BCUT2D eigenvalue weighted by atomic mass is 16.7. The summed E-state index contributed by atoms with van der Waals surface area (Å²) >= 11 is 0. The number of aromatic amines is 1. The molecule has 0 saturated carbocycles. The Hall–Kier alpha value is -2.94. The van der Waals surface area contributed by atoms with Crippen molar-refractivity contribution < 1.29 is 14.5 Å². The molecule has 2 aromatic heterocycles. The summed E-state index contributed by atoms with van der Waals surface area (Å²) < 4.78 is 4.88. The Labute approximate surface area is 290 Å². The van der Waals surface area contributed by atoms with E-state index in [0.717, 1.165) is 23.7 Å². The number of aliphatic imine (C=N–C) groups is 1. The average molecular weight is 678 g/mol. The minimum absolute atomic E-state index is 0.227. The maximum Gasteiger partial charge on any atom is 0.258 e. The first-order chi connectivity index (χ1) is 22.4. The molecule has 5 heterocycles. The minimum Gasteiger partial charge on any atom is -0.381 e. The molecule has 0 spiro atoms. The normalized spacial score (nSPS) is 17.4. The fourth-order valence-electron chi connectivity index (χ4n) is 4.44. The van der Waals surface area contributed by atoms with Crippen molar-refractivity contribution in [2.45, 2.75) is 132 Å². The van der Waals surface area contributed by atoms with Crippen LogP contribution in [-0.2, 0) is 10.4 Å². The number of aliphatic hydroxyl groups is 1. The molecule has 2 aromatic rings. The Morgan fingerprint density at radius 1 is 0.771 bits per heavy atom. The molecule has 276 valence electrons. The van der Waals surface area contributed by atoms with Gasteiger partial charge in [0.05, 0.1) is 0 Å². The van der Waals surface area contributed by atoms with Crippen LogP contribution in [0.15, 0.2) is 22.0 Å². The number of piperazine rings is 1. The highest BCUT2D eigenvalue weighted by Gasteiger charge is 2.24. The van der Waals surface area contributed by atoms with Crippen LogP contribution in [0.2, 0.25) is 0 Å². The van der Waals surface area contributed by atoms with Gasteiger partial charge in [-0.3, -0.25) is 4.90 Å². The average Bonchev–Trinajstić information content (AvgIpc) is 3.82. The van der Waals surface area contributed by atoms with Gasteiger partial charge in [0.2, 0.25) is 5.88 Å². The third kappa shape index (κ3) is 17.5. The zero-order valence-electron chi connectivity index (χ0n) is 32.2. The lowest BCUT2D eigenvalue weighted by molar-refractivity contribution is 0.0420. The Morgan fingerprint density at radius 2 is 1.31 bits per heavy atom. The molecule has 0 aromatic carbocycles. The van der Waals surface area contributed by atoms with Crippen LogP contribution in [0.4, 0.5) is 0 Å². The number of piperidine rings is 1. The van der Waals surface area contributed by atoms with Gasteiger partial charge >= 0.3 is 0 Å². The third-order valence-corrected chi connectivity index (χ3v) is 7.81. The van der Waals surface area contributed by atoms with Crippen molar-refractivity contribution >= 4 is 5.84 Å². The molecule has 5 rings (SSSR count).